The Morgan fingerprint density at radius 1 is 1.14 bits per heavy atom. The molecule has 9 nitrogen and oxygen atoms in total. The van der Waals surface area contributed by atoms with E-state index in [0.717, 1.165) is 16.8 Å². The van der Waals surface area contributed by atoms with Crippen molar-refractivity contribution < 1.29 is 13.2 Å². The van der Waals surface area contributed by atoms with Crippen molar-refractivity contribution in [2.45, 2.75) is 4.90 Å². The number of aromatic amines is 1. The van der Waals surface area contributed by atoms with E-state index in [0.29, 0.717) is 15.8 Å². The van der Waals surface area contributed by atoms with Crippen LogP contribution >= 0.6 is 23.1 Å². The summed E-state index contributed by atoms with van der Waals surface area (Å²) >= 11 is 2.43. The van der Waals surface area contributed by atoms with Gasteiger partial charge < -0.3 is 0 Å². The third-order valence-corrected chi connectivity index (χ3v) is 8.42. The third-order valence-electron chi connectivity index (χ3n) is 5.24. The molecule has 0 spiro atoms. The van der Waals surface area contributed by atoms with E-state index in [4.69, 9.17) is 0 Å². The number of rotatable bonds is 8. The summed E-state index contributed by atoms with van der Waals surface area (Å²) in [5.74, 6) is -0.198. The number of aromatic nitrogens is 3. The van der Waals surface area contributed by atoms with E-state index in [1.807, 2.05) is 30.3 Å². The number of carbonyl (C=O) groups excluding carboxylic acids is 1. The Hall–Kier alpha value is -4.00. The molecule has 0 unspecified atom stereocenters. The topological polar surface area (TPSA) is 120 Å². The van der Waals surface area contributed by atoms with E-state index in [1.54, 1.807) is 35.9 Å². The van der Waals surface area contributed by atoms with Crippen LogP contribution in [0, 0.1) is 0 Å². The lowest BCUT2D eigenvalue weighted by Crippen LogP contribution is -2.29. The fraction of sp³-hybridized carbons (Fsp3) is 0.0400. The van der Waals surface area contributed by atoms with Gasteiger partial charge in [-0.15, -0.1) is 17.9 Å². The molecule has 0 radical (unpaired) electrons. The highest BCUT2D eigenvalue weighted by Crippen LogP contribution is 2.35. The van der Waals surface area contributed by atoms with Crippen LogP contribution in [0.1, 0.15) is 5.56 Å². The average molecular weight is 549 g/mol. The summed E-state index contributed by atoms with van der Waals surface area (Å²) in [7, 11) is -3.77. The van der Waals surface area contributed by atoms with Crippen molar-refractivity contribution in [3.05, 3.63) is 95.5 Å². The van der Waals surface area contributed by atoms with Crippen LogP contribution in [0.5, 0.6) is 0 Å². The molecule has 0 bridgehead atoms. The second-order valence-corrected chi connectivity index (χ2v) is 11.3. The van der Waals surface area contributed by atoms with Crippen molar-refractivity contribution in [3.63, 3.8) is 0 Å². The lowest BCUT2D eigenvalue weighted by molar-refractivity contribution is -0.121. The molecule has 12 heteroatoms. The van der Waals surface area contributed by atoms with Gasteiger partial charge in [0, 0.05) is 29.2 Å². The molecular formula is C25H20N6O3S3. The van der Waals surface area contributed by atoms with E-state index in [2.05, 4.69) is 31.5 Å². The smallest absolute Gasteiger partial charge is 0.267 e. The van der Waals surface area contributed by atoms with E-state index >= 15 is 0 Å². The number of hydrogen-bond donors (Lipinski definition) is 2. The van der Waals surface area contributed by atoms with E-state index in [-0.39, 0.29) is 22.5 Å². The molecule has 0 aliphatic carbocycles. The number of sulfonamides is 1. The van der Waals surface area contributed by atoms with Gasteiger partial charge in [0.2, 0.25) is 0 Å². The molecule has 0 saturated carbocycles. The maximum Gasteiger partial charge on any atom is 0.267 e. The van der Waals surface area contributed by atoms with Crippen molar-refractivity contribution >= 4 is 61.1 Å². The Kier molecular flexibility index (Phi) is 7.04. The molecule has 2 N–H and O–H groups in total. The fourth-order valence-electron chi connectivity index (χ4n) is 3.52. The minimum atomic E-state index is -3.77. The first kappa shape index (κ1) is 24.7. The van der Waals surface area contributed by atoms with Gasteiger partial charge in [0.25, 0.3) is 15.9 Å². The molecule has 1 amide bonds. The molecule has 37 heavy (non-hydrogen) atoms. The molecule has 1 saturated heterocycles. The van der Waals surface area contributed by atoms with Gasteiger partial charge in [-0.1, -0.05) is 36.4 Å². The summed E-state index contributed by atoms with van der Waals surface area (Å²) in [6.07, 6.45) is 6.62. The van der Waals surface area contributed by atoms with Crippen molar-refractivity contribution in [2.75, 3.05) is 11.3 Å². The van der Waals surface area contributed by atoms with Gasteiger partial charge in [-0.05, 0) is 42.1 Å². The molecule has 2 aromatic carbocycles. The van der Waals surface area contributed by atoms with Crippen LogP contribution in [0.4, 0.5) is 10.8 Å². The number of carbonyl (C=O) groups is 1. The molecule has 0 atom stereocenters. The Bertz CT molecular complexity index is 1590. The third kappa shape index (κ3) is 5.40. The highest BCUT2D eigenvalue weighted by atomic mass is 32.2. The molecule has 3 heterocycles. The number of thiazole rings is 1. The number of thioether (sulfide) groups is 1. The predicted molar refractivity (Wildman–Crippen MR) is 148 cm³/mol. The van der Waals surface area contributed by atoms with Gasteiger partial charge in [0.15, 0.2) is 10.3 Å². The number of benzene rings is 2. The van der Waals surface area contributed by atoms with E-state index in [1.165, 1.54) is 46.3 Å². The van der Waals surface area contributed by atoms with Crippen molar-refractivity contribution in [1.82, 2.24) is 20.1 Å². The zero-order valence-electron chi connectivity index (χ0n) is 19.2. The number of aliphatic imine (C=N–C) groups is 1. The highest BCUT2D eigenvalue weighted by molar-refractivity contribution is 8.18. The summed E-state index contributed by atoms with van der Waals surface area (Å²) in [4.78, 5) is 23.9. The highest BCUT2D eigenvalue weighted by Gasteiger charge is 2.33. The maximum atomic E-state index is 13.2. The zero-order valence-corrected chi connectivity index (χ0v) is 21.7. The summed E-state index contributed by atoms with van der Waals surface area (Å²) < 4.78 is 27.6. The molecule has 5 rings (SSSR count). The fourth-order valence-corrected chi connectivity index (χ4v) is 6.31. The van der Waals surface area contributed by atoms with Crippen molar-refractivity contribution in [2.24, 2.45) is 4.99 Å². The molecular weight excluding hydrogens is 529 g/mol. The quantitative estimate of drug-likeness (QED) is 0.233. The number of anilines is 1. The van der Waals surface area contributed by atoms with Crippen LogP contribution in [-0.4, -0.2) is 46.1 Å². The molecule has 1 fully saturated rings. The Labute approximate surface area is 221 Å². The molecule has 4 aromatic rings. The van der Waals surface area contributed by atoms with Crippen LogP contribution in [0.15, 0.2) is 99.8 Å². The largest absolute Gasteiger partial charge is 0.283 e. The van der Waals surface area contributed by atoms with Gasteiger partial charge in [-0.25, -0.2) is 18.4 Å². The first-order valence-corrected chi connectivity index (χ1v) is 14.1. The second kappa shape index (κ2) is 10.5. The summed E-state index contributed by atoms with van der Waals surface area (Å²) in [6.45, 7) is 4.03. The van der Waals surface area contributed by atoms with Gasteiger partial charge in [-0.2, -0.15) is 5.10 Å². The number of hydrogen-bond acceptors (Lipinski definition) is 8. The summed E-state index contributed by atoms with van der Waals surface area (Å²) in [5, 5.41) is 9.59. The van der Waals surface area contributed by atoms with E-state index < -0.39 is 10.0 Å². The molecule has 2 aromatic heterocycles. The number of nitrogens with one attached hydrogen (secondary N) is 2. The maximum absolute atomic E-state index is 13.2. The lowest BCUT2D eigenvalue weighted by atomic mass is 10.1. The predicted octanol–water partition coefficient (Wildman–Crippen LogP) is 5.12. The second-order valence-electron chi connectivity index (χ2n) is 7.71. The van der Waals surface area contributed by atoms with Crippen LogP contribution in [-0.2, 0) is 14.8 Å². The number of amides is 1. The summed E-state index contributed by atoms with van der Waals surface area (Å²) in [5.41, 5.74) is 3.06. The number of H-pyrrole nitrogens is 1. The van der Waals surface area contributed by atoms with Gasteiger partial charge in [0.05, 0.1) is 27.4 Å². The average Bonchev–Trinajstić information content (AvgIpc) is 3.64. The Balaban J connectivity index is 1.41. The molecule has 186 valence electrons. The van der Waals surface area contributed by atoms with Crippen LogP contribution in [0.2, 0.25) is 0 Å². The minimum Gasteiger partial charge on any atom is -0.283 e. The van der Waals surface area contributed by atoms with Crippen molar-refractivity contribution in [3.8, 4) is 11.3 Å². The molecule has 1 aliphatic rings. The van der Waals surface area contributed by atoms with Gasteiger partial charge in [-0.3, -0.25) is 19.5 Å². The standard InChI is InChI=1S/C25H20N6O3S3/c1-2-13-31-23(32)21(15-18-16-27-29-22(18)17-6-4-3-5-7-17)36-25(31)28-19-8-10-20(11-9-19)37(33,34)30-24-26-12-14-35-24/h2-12,14-16H,1,13H2,(H,26,30)(H,27,29)/b21-15-,28-25?. The lowest BCUT2D eigenvalue weighted by Gasteiger charge is -2.12. The number of amidine groups is 1. The zero-order chi connectivity index (χ0) is 25.8. The Morgan fingerprint density at radius 3 is 2.62 bits per heavy atom. The van der Waals surface area contributed by atoms with Gasteiger partial charge >= 0.3 is 0 Å². The first-order valence-electron chi connectivity index (χ1n) is 11.0. The minimum absolute atomic E-state index is 0.0822. The first-order chi connectivity index (χ1) is 17.9. The number of nitrogens with zero attached hydrogens (tertiary/aromatic N) is 4. The van der Waals surface area contributed by atoms with Crippen molar-refractivity contribution in [1.29, 1.82) is 0 Å². The molecule has 1 aliphatic heterocycles. The Morgan fingerprint density at radius 2 is 1.92 bits per heavy atom. The van der Waals surface area contributed by atoms with E-state index in [9.17, 15) is 13.2 Å². The SMILES string of the molecule is C=CCN1C(=O)/C(=C/c2cn[nH]c2-c2ccccc2)SC1=Nc1ccc(S(=O)(=O)Nc2nccs2)cc1. The summed E-state index contributed by atoms with van der Waals surface area (Å²) in [6, 6.07) is 15.8. The van der Waals surface area contributed by atoms with Gasteiger partial charge in [0.1, 0.15) is 0 Å². The van der Waals surface area contributed by atoms with Crippen LogP contribution in [0.25, 0.3) is 17.3 Å². The van der Waals surface area contributed by atoms with Crippen LogP contribution < -0.4 is 4.72 Å². The normalized spacial score (nSPS) is 16.0. The monoisotopic (exact) mass is 548 g/mol. The van der Waals surface area contributed by atoms with Crippen LogP contribution in [0.3, 0.4) is 0 Å².